The van der Waals surface area contributed by atoms with Crippen molar-refractivity contribution in [2.24, 2.45) is 0 Å². The number of halogens is 1. The van der Waals surface area contributed by atoms with Crippen LogP contribution in [0.25, 0.3) is 0 Å². The molecule has 86 valence electrons. The quantitative estimate of drug-likeness (QED) is 0.737. The molecule has 0 aliphatic carbocycles. The third-order valence-electron chi connectivity index (χ3n) is 2.25. The molecular weight excluding hydrogens is 209 g/mol. The van der Waals surface area contributed by atoms with Crippen LogP contribution in [0.15, 0.2) is 36.9 Å². The van der Waals surface area contributed by atoms with Crippen LogP contribution in [0.3, 0.4) is 0 Å². The highest BCUT2D eigenvalue weighted by molar-refractivity contribution is 5.86. The lowest BCUT2D eigenvalue weighted by atomic mass is 10.00. The van der Waals surface area contributed by atoms with Gasteiger partial charge in [-0.1, -0.05) is 18.7 Å². The highest BCUT2D eigenvalue weighted by Crippen LogP contribution is 2.15. The molecule has 1 atom stereocenters. The summed E-state index contributed by atoms with van der Waals surface area (Å²) in [5, 5.41) is 11.7. The lowest BCUT2D eigenvalue weighted by Crippen LogP contribution is -2.28. The van der Waals surface area contributed by atoms with E-state index in [2.05, 4.69) is 11.9 Å². The van der Waals surface area contributed by atoms with Gasteiger partial charge in [-0.25, -0.2) is 4.39 Å². The monoisotopic (exact) mass is 223 g/mol. The zero-order valence-electron chi connectivity index (χ0n) is 8.82. The van der Waals surface area contributed by atoms with Gasteiger partial charge < -0.3 is 10.4 Å². The highest BCUT2D eigenvalue weighted by atomic mass is 19.1. The van der Waals surface area contributed by atoms with Gasteiger partial charge in [0.25, 0.3) is 0 Å². The normalized spacial score (nSPS) is 11.9. The number of carbonyl (C=O) groups excluding carboxylic acids is 1. The average Bonchev–Trinajstić information content (AvgIpc) is 2.29. The van der Waals surface area contributed by atoms with Crippen molar-refractivity contribution in [3.63, 3.8) is 0 Å². The Labute approximate surface area is 93.6 Å². The van der Waals surface area contributed by atoms with Crippen LogP contribution in [0.5, 0.6) is 0 Å². The van der Waals surface area contributed by atoms with Crippen LogP contribution in [0.1, 0.15) is 11.5 Å². The molecule has 0 radical (unpaired) electrons. The van der Waals surface area contributed by atoms with Crippen LogP contribution in [0.2, 0.25) is 0 Å². The summed E-state index contributed by atoms with van der Waals surface area (Å²) >= 11 is 0. The molecule has 1 unspecified atom stereocenters. The van der Waals surface area contributed by atoms with Gasteiger partial charge in [-0.05, 0) is 23.8 Å². The second kappa shape index (κ2) is 6.02. The summed E-state index contributed by atoms with van der Waals surface area (Å²) < 4.78 is 12.9. The van der Waals surface area contributed by atoms with Gasteiger partial charge in [-0.15, -0.1) is 0 Å². The summed E-state index contributed by atoms with van der Waals surface area (Å²) in [5.41, 5.74) is 0.659. The second-order valence-corrected chi connectivity index (χ2v) is 3.38. The Kier molecular flexibility index (Phi) is 4.66. The Morgan fingerprint density at radius 2 is 2.38 bits per heavy atom. The first-order valence-corrected chi connectivity index (χ1v) is 4.94. The van der Waals surface area contributed by atoms with Crippen LogP contribution in [0, 0.1) is 5.82 Å². The molecule has 0 saturated heterocycles. The maximum atomic E-state index is 12.9. The molecule has 1 aromatic rings. The molecule has 4 heteroatoms. The molecule has 0 aromatic heterocycles. The predicted molar refractivity (Wildman–Crippen MR) is 59.4 cm³/mol. The minimum Gasteiger partial charge on any atom is -0.396 e. The molecule has 0 aliphatic rings. The standard InChI is InChI=1S/C12H14FNO2/c1-2-12(16)14-7-10(8-15)9-4-3-5-11(13)6-9/h2-6,10,15H,1,7-8H2,(H,14,16). The Balaban J connectivity index is 2.67. The van der Waals surface area contributed by atoms with E-state index in [9.17, 15) is 9.18 Å². The Bertz CT molecular complexity index is 379. The highest BCUT2D eigenvalue weighted by Gasteiger charge is 2.11. The summed E-state index contributed by atoms with van der Waals surface area (Å²) in [6.07, 6.45) is 1.15. The number of aliphatic hydroxyl groups excluding tert-OH is 1. The second-order valence-electron chi connectivity index (χ2n) is 3.38. The largest absolute Gasteiger partial charge is 0.396 e. The van der Waals surface area contributed by atoms with Gasteiger partial charge in [0.05, 0.1) is 6.61 Å². The molecule has 0 aliphatic heterocycles. The van der Waals surface area contributed by atoms with Gasteiger partial charge >= 0.3 is 0 Å². The van der Waals surface area contributed by atoms with Crippen LogP contribution in [-0.4, -0.2) is 24.2 Å². The van der Waals surface area contributed by atoms with E-state index < -0.39 is 0 Å². The minimum atomic E-state index is -0.356. The van der Waals surface area contributed by atoms with E-state index in [0.29, 0.717) is 5.56 Å². The number of nitrogens with one attached hydrogen (secondary N) is 1. The number of aliphatic hydroxyl groups is 1. The first kappa shape index (κ1) is 12.4. The number of amides is 1. The number of carbonyl (C=O) groups is 1. The van der Waals surface area contributed by atoms with Crippen molar-refractivity contribution in [1.29, 1.82) is 0 Å². The molecule has 0 spiro atoms. The molecule has 3 nitrogen and oxygen atoms in total. The molecule has 1 amide bonds. The lowest BCUT2D eigenvalue weighted by Gasteiger charge is -2.14. The van der Waals surface area contributed by atoms with Gasteiger partial charge in [0, 0.05) is 12.5 Å². The van der Waals surface area contributed by atoms with Crippen molar-refractivity contribution in [2.75, 3.05) is 13.2 Å². The summed E-state index contributed by atoms with van der Waals surface area (Å²) in [6.45, 7) is 3.42. The fourth-order valence-corrected chi connectivity index (χ4v) is 1.34. The topological polar surface area (TPSA) is 49.3 Å². The first-order valence-electron chi connectivity index (χ1n) is 4.94. The van der Waals surface area contributed by atoms with Crippen molar-refractivity contribution in [1.82, 2.24) is 5.32 Å². The molecule has 0 saturated carbocycles. The van der Waals surface area contributed by atoms with Crippen LogP contribution in [0.4, 0.5) is 4.39 Å². The van der Waals surface area contributed by atoms with Gasteiger partial charge in [0.1, 0.15) is 5.82 Å². The SMILES string of the molecule is C=CC(=O)NCC(CO)c1cccc(F)c1. The summed E-state index contributed by atoms with van der Waals surface area (Å²) in [7, 11) is 0. The van der Waals surface area contributed by atoms with Crippen molar-refractivity contribution in [3.05, 3.63) is 48.3 Å². The third kappa shape index (κ3) is 3.47. The Hall–Kier alpha value is -1.68. The number of hydrogen-bond donors (Lipinski definition) is 2. The van der Waals surface area contributed by atoms with Crippen molar-refractivity contribution in [3.8, 4) is 0 Å². The predicted octanol–water partition coefficient (Wildman–Crippen LogP) is 1.20. The molecule has 0 bridgehead atoms. The van der Waals surface area contributed by atoms with Crippen molar-refractivity contribution < 1.29 is 14.3 Å². The summed E-state index contributed by atoms with van der Waals surface area (Å²) in [6, 6.07) is 5.97. The van der Waals surface area contributed by atoms with E-state index in [-0.39, 0.29) is 30.8 Å². The maximum absolute atomic E-state index is 12.9. The Morgan fingerprint density at radius 1 is 1.62 bits per heavy atom. The molecular formula is C12H14FNO2. The molecule has 2 N–H and O–H groups in total. The number of rotatable bonds is 5. The average molecular weight is 223 g/mol. The van der Waals surface area contributed by atoms with Crippen molar-refractivity contribution in [2.45, 2.75) is 5.92 Å². The van der Waals surface area contributed by atoms with Crippen molar-refractivity contribution >= 4 is 5.91 Å². The fourth-order valence-electron chi connectivity index (χ4n) is 1.34. The van der Waals surface area contributed by atoms with E-state index >= 15 is 0 Å². The van der Waals surface area contributed by atoms with Crippen LogP contribution >= 0.6 is 0 Å². The molecule has 16 heavy (non-hydrogen) atoms. The Morgan fingerprint density at radius 3 is 2.94 bits per heavy atom. The molecule has 0 heterocycles. The summed E-state index contributed by atoms with van der Waals surface area (Å²) in [5.74, 6) is -0.972. The fraction of sp³-hybridized carbons (Fsp3) is 0.250. The van der Waals surface area contributed by atoms with Crippen LogP contribution in [-0.2, 0) is 4.79 Å². The van der Waals surface area contributed by atoms with E-state index in [1.165, 1.54) is 12.1 Å². The van der Waals surface area contributed by atoms with E-state index in [1.807, 2.05) is 0 Å². The van der Waals surface area contributed by atoms with E-state index in [4.69, 9.17) is 5.11 Å². The zero-order valence-corrected chi connectivity index (χ0v) is 8.82. The minimum absolute atomic E-state index is 0.152. The smallest absolute Gasteiger partial charge is 0.243 e. The molecule has 1 rings (SSSR count). The first-order chi connectivity index (χ1) is 7.67. The molecule has 1 aromatic carbocycles. The van der Waals surface area contributed by atoms with Gasteiger partial charge in [-0.3, -0.25) is 4.79 Å². The maximum Gasteiger partial charge on any atom is 0.243 e. The van der Waals surface area contributed by atoms with Gasteiger partial charge in [0.15, 0.2) is 0 Å². The third-order valence-corrected chi connectivity index (χ3v) is 2.25. The molecule has 0 fully saturated rings. The number of benzene rings is 1. The van der Waals surface area contributed by atoms with Gasteiger partial charge in [-0.2, -0.15) is 0 Å². The zero-order chi connectivity index (χ0) is 12.0. The summed E-state index contributed by atoms with van der Waals surface area (Å²) in [4.78, 5) is 10.9. The lowest BCUT2D eigenvalue weighted by molar-refractivity contribution is -0.116. The van der Waals surface area contributed by atoms with Crippen LogP contribution < -0.4 is 5.32 Å². The van der Waals surface area contributed by atoms with E-state index in [0.717, 1.165) is 6.08 Å². The van der Waals surface area contributed by atoms with E-state index in [1.54, 1.807) is 12.1 Å². The number of hydrogen-bond acceptors (Lipinski definition) is 2. The van der Waals surface area contributed by atoms with Gasteiger partial charge in [0.2, 0.25) is 5.91 Å².